The second kappa shape index (κ2) is 6.40. The van der Waals surface area contributed by atoms with Crippen LogP contribution in [0, 0.1) is 5.82 Å². The van der Waals surface area contributed by atoms with Gasteiger partial charge >= 0.3 is 0 Å². The third-order valence-electron chi connectivity index (χ3n) is 4.53. The van der Waals surface area contributed by atoms with Gasteiger partial charge in [0.2, 0.25) is 0 Å². The van der Waals surface area contributed by atoms with Crippen molar-refractivity contribution >= 4 is 0 Å². The molecule has 2 aromatic carbocycles. The summed E-state index contributed by atoms with van der Waals surface area (Å²) in [5, 5.41) is 3.61. The van der Waals surface area contributed by atoms with Crippen LogP contribution in [0.25, 0.3) is 0 Å². The molecule has 1 aliphatic carbocycles. The van der Waals surface area contributed by atoms with Crippen LogP contribution in [0.2, 0.25) is 0 Å². The van der Waals surface area contributed by atoms with Gasteiger partial charge in [0.15, 0.2) is 0 Å². The molecule has 1 nitrogen and oxygen atoms in total. The van der Waals surface area contributed by atoms with E-state index in [0.717, 1.165) is 12.1 Å². The third kappa shape index (κ3) is 3.33. The highest BCUT2D eigenvalue weighted by Crippen LogP contribution is 2.31. The highest BCUT2D eigenvalue weighted by Gasteiger charge is 2.20. The Balaban J connectivity index is 1.64. The fourth-order valence-corrected chi connectivity index (χ4v) is 3.25. The number of fused-ring (bicyclic) bond motifs is 1. The lowest BCUT2D eigenvalue weighted by molar-refractivity contribution is 0.473. The minimum atomic E-state index is -0.174. The zero-order valence-electron chi connectivity index (χ0n) is 12.5. The van der Waals surface area contributed by atoms with E-state index in [1.807, 2.05) is 12.1 Å². The molecule has 1 aliphatic rings. The first kappa shape index (κ1) is 14.3. The van der Waals surface area contributed by atoms with Crippen LogP contribution < -0.4 is 5.32 Å². The Bertz CT molecular complexity index is 591. The predicted octanol–water partition coefficient (Wildman–Crippen LogP) is 4.60. The summed E-state index contributed by atoms with van der Waals surface area (Å²) in [6, 6.07) is 15.8. The van der Waals surface area contributed by atoms with Crippen molar-refractivity contribution in [3.8, 4) is 0 Å². The van der Waals surface area contributed by atoms with Gasteiger partial charge in [0.25, 0.3) is 0 Å². The number of nitrogens with one attached hydrogen (secondary N) is 1. The van der Waals surface area contributed by atoms with Crippen molar-refractivity contribution in [2.75, 3.05) is 6.54 Å². The SMILES string of the molecule is C[C@@H](NCC1CCCc2ccccc21)c1ccc(F)cc1. The molecule has 0 bridgehead atoms. The summed E-state index contributed by atoms with van der Waals surface area (Å²) in [5.74, 6) is 0.421. The normalized spacial score (nSPS) is 19.0. The number of hydrogen-bond acceptors (Lipinski definition) is 1. The third-order valence-corrected chi connectivity index (χ3v) is 4.53. The largest absolute Gasteiger partial charge is 0.310 e. The van der Waals surface area contributed by atoms with Crippen LogP contribution in [0.4, 0.5) is 4.39 Å². The molecule has 1 unspecified atom stereocenters. The number of aryl methyl sites for hydroxylation is 1. The first-order chi connectivity index (χ1) is 10.2. The molecule has 0 radical (unpaired) electrons. The van der Waals surface area contributed by atoms with E-state index in [0.29, 0.717) is 5.92 Å². The van der Waals surface area contributed by atoms with Crippen LogP contribution in [0.1, 0.15) is 48.4 Å². The van der Waals surface area contributed by atoms with Crippen LogP contribution in [-0.4, -0.2) is 6.54 Å². The minimum absolute atomic E-state index is 0.174. The molecule has 2 heteroatoms. The zero-order chi connectivity index (χ0) is 14.7. The van der Waals surface area contributed by atoms with Gasteiger partial charge in [-0.1, -0.05) is 36.4 Å². The second-order valence-electron chi connectivity index (χ2n) is 5.97. The van der Waals surface area contributed by atoms with E-state index in [2.05, 4.69) is 36.5 Å². The highest BCUT2D eigenvalue weighted by atomic mass is 19.1. The summed E-state index contributed by atoms with van der Waals surface area (Å²) in [6.45, 7) is 3.12. The van der Waals surface area contributed by atoms with Gasteiger partial charge in [0.05, 0.1) is 0 Å². The van der Waals surface area contributed by atoms with Crippen LogP contribution in [0.5, 0.6) is 0 Å². The highest BCUT2D eigenvalue weighted by molar-refractivity contribution is 5.33. The molecule has 3 rings (SSSR count). The summed E-state index contributed by atoms with van der Waals surface area (Å²) in [4.78, 5) is 0. The average Bonchev–Trinajstić information content (AvgIpc) is 2.53. The van der Waals surface area contributed by atoms with E-state index in [9.17, 15) is 4.39 Å². The molecule has 1 N–H and O–H groups in total. The van der Waals surface area contributed by atoms with E-state index < -0.39 is 0 Å². The van der Waals surface area contributed by atoms with Crippen molar-refractivity contribution in [1.29, 1.82) is 0 Å². The van der Waals surface area contributed by atoms with Gasteiger partial charge in [-0.05, 0) is 60.9 Å². The number of halogens is 1. The molecular weight excluding hydrogens is 261 g/mol. The summed E-state index contributed by atoms with van der Waals surface area (Å²) in [6.07, 6.45) is 3.73. The lowest BCUT2D eigenvalue weighted by atomic mass is 9.82. The Labute approximate surface area is 126 Å². The van der Waals surface area contributed by atoms with Crippen molar-refractivity contribution in [2.45, 2.75) is 38.1 Å². The maximum atomic E-state index is 13.0. The molecule has 2 atom stereocenters. The smallest absolute Gasteiger partial charge is 0.123 e. The minimum Gasteiger partial charge on any atom is -0.310 e. The van der Waals surface area contributed by atoms with Gasteiger partial charge in [-0.15, -0.1) is 0 Å². The van der Waals surface area contributed by atoms with Crippen molar-refractivity contribution in [3.63, 3.8) is 0 Å². The number of rotatable bonds is 4. The molecule has 0 saturated heterocycles. The van der Waals surface area contributed by atoms with E-state index in [-0.39, 0.29) is 11.9 Å². The first-order valence-corrected chi connectivity index (χ1v) is 7.80. The van der Waals surface area contributed by atoms with E-state index in [4.69, 9.17) is 0 Å². The van der Waals surface area contributed by atoms with Gasteiger partial charge in [-0.25, -0.2) is 4.39 Å². The van der Waals surface area contributed by atoms with Gasteiger partial charge in [-0.2, -0.15) is 0 Å². The van der Waals surface area contributed by atoms with Crippen molar-refractivity contribution in [2.24, 2.45) is 0 Å². The molecule has 0 heterocycles. The Morgan fingerprint density at radius 3 is 2.71 bits per heavy atom. The standard InChI is InChI=1S/C19H22FN/c1-14(15-9-11-18(20)12-10-15)21-13-17-7-4-6-16-5-2-3-8-19(16)17/h2-3,5,8-12,14,17,21H,4,6-7,13H2,1H3/t14-,17?/m1/s1. The molecule has 0 spiro atoms. The lowest BCUT2D eigenvalue weighted by Crippen LogP contribution is -2.26. The molecule has 21 heavy (non-hydrogen) atoms. The van der Waals surface area contributed by atoms with Gasteiger partial charge < -0.3 is 5.32 Å². The summed E-state index contributed by atoms with van der Waals surface area (Å²) >= 11 is 0. The molecule has 110 valence electrons. The fraction of sp³-hybridized carbons (Fsp3) is 0.368. The number of benzene rings is 2. The van der Waals surface area contributed by atoms with Crippen molar-refractivity contribution in [3.05, 3.63) is 71.0 Å². The van der Waals surface area contributed by atoms with Gasteiger partial charge in [0.1, 0.15) is 5.82 Å². The fourth-order valence-electron chi connectivity index (χ4n) is 3.25. The predicted molar refractivity (Wildman–Crippen MR) is 84.9 cm³/mol. The van der Waals surface area contributed by atoms with Crippen molar-refractivity contribution < 1.29 is 4.39 Å². The van der Waals surface area contributed by atoms with Gasteiger partial charge in [-0.3, -0.25) is 0 Å². The van der Waals surface area contributed by atoms with Crippen LogP contribution in [-0.2, 0) is 6.42 Å². The second-order valence-corrected chi connectivity index (χ2v) is 5.97. The maximum Gasteiger partial charge on any atom is 0.123 e. The van der Waals surface area contributed by atoms with E-state index in [1.54, 1.807) is 0 Å². The van der Waals surface area contributed by atoms with E-state index in [1.165, 1.54) is 42.5 Å². The summed E-state index contributed by atoms with van der Waals surface area (Å²) in [5.41, 5.74) is 4.15. The van der Waals surface area contributed by atoms with Crippen molar-refractivity contribution in [1.82, 2.24) is 5.32 Å². The Morgan fingerprint density at radius 1 is 1.14 bits per heavy atom. The monoisotopic (exact) mass is 283 g/mol. The average molecular weight is 283 g/mol. The van der Waals surface area contributed by atoms with Crippen LogP contribution >= 0.6 is 0 Å². The van der Waals surface area contributed by atoms with Gasteiger partial charge in [0, 0.05) is 12.6 Å². The summed E-state index contributed by atoms with van der Waals surface area (Å²) in [7, 11) is 0. The molecule has 2 aromatic rings. The molecule has 0 fully saturated rings. The maximum absolute atomic E-state index is 13.0. The molecule has 0 aliphatic heterocycles. The summed E-state index contributed by atoms with van der Waals surface area (Å²) < 4.78 is 13.0. The quantitative estimate of drug-likeness (QED) is 0.865. The Morgan fingerprint density at radius 2 is 1.90 bits per heavy atom. The Kier molecular flexibility index (Phi) is 4.35. The van der Waals surface area contributed by atoms with Crippen LogP contribution in [0.15, 0.2) is 48.5 Å². The first-order valence-electron chi connectivity index (χ1n) is 7.80. The molecule has 0 saturated carbocycles. The van der Waals surface area contributed by atoms with E-state index >= 15 is 0 Å². The molecule has 0 amide bonds. The Hall–Kier alpha value is -1.67. The lowest BCUT2D eigenvalue weighted by Gasteiger charge is -2.27. The topological polar surface area (TPSA) is 12.0 Å². The molecular formula is C19H22FN. The van der Waals surface area contributed by atoms with Crippen LogP contribution in [0.3, 0.4) is 0 Å². The zero-order valence-corrected chi connectivity index (χ0v) is 12.5. The molecule has 0 aromatic heterocycles. The number of hydrogen-bond donors (Lipinski definition) is 1.